The monoisotopic (exact) mass is 277 g/mol. The van der Waals surface area contributed by atoms with Gasteiger partial charge in [0.2, 0.25) is 0 Å². The molecule has 0 amide bonds. The number of halogens is 6. The molecular formula is C4H4F6O5P+. The van der Waals surface area contributed by atoms with Crippen molar-refractivity contribution < 1.29 is 50.2 Å². The van der Waals surface area contributed by atoms with Crippen molar-refractivity contribution in [2.75, 3.05) is 0 Å². The van der Waals surface area contributed by atoms with E-state index in [2.05, 4.69) is 9.05 Å². The van der Waals surface area contributed by atoms with Crippen molar-refractivity contribution in [3.8, 4) is 0 Å². The Hall–Kier alpha value is -0.480. The summed E-state index contributed by atoms with van der Waals surface area (Å²) in [6, 6.07) is 0. The zero-order valence-electron chi connectivity index (χ0n) is 6.99. The van der Waals surface area contributed by atoms with Crippen molar-refractivity contribution in [2.24, 2.45) is 0 Å². The molecule has 2 N–H and O–H groups in total. The molecule has 0 spiro atoms. The molecule has 0 heterocycles. The molecular weight excluding hydrogens is 273 g/mol. The summed E-state index contributed by atoms with van der Waals surface area (Å²) in [7, 11) is -3.98. The predicted octanol–water partition coefficient (Wildman–Crippen LogP) is 1.44. The van der Waals surface area contributed by atoms with Gasteiger partial charge in [-0.1, -0.05) is 9.05 Å². The molecule has 0 radical (unpaired) electrons. The highest BCUT2D eigenvalue weighted by molar-refractivity contribution is 7.33. The van der Waals surface area contributed by atoms with Gasteiger partial charge in [-0.15, -0.1) is 0 Å². The molecule has 0 bridgehead atoms. The highest BCUT2D eigenvalue weighted by Crippen LogP contribution is 2.36. The largest absolute Gasteiger partial charge is 0.703 e. The van der Waals surface area contributed by atoms with E-state index >= 15 is 0 Å². The van der Waals surface area contributed by atoms with E-state index < -0.39 is 33.2 Å². The van der Waals surface area contributed by atoms with Crippen LogP contribution in [0, 0.1) is 0 Å². The van der Waals surface area contributed by atoms with E-state index in [0.717, 1.165) is 0 Å². The molecule has 0 aromatic carbocycles. The first kappa shape index (κ1) is 15.5. The van der Waals surface area contributed by atoms with E-state index in [1.807, 2.05) is 0 Å². The summed E-state index contributed by atoms with van der Waals surface area (Å²) >= 11 is 0. The van der Waals surface area contributed by atoms with Crippen LogP contribution in [0.5, 0.6) is 0 Å². The zero-order chi connectivity index (χ0) is 13.1. The lowest BCUT2D eigenvalue weighted by atomic mass is 10.6. The first-order valence-electron chi connectivity index (χ1n) is 3.25. The van der Waals surface area contributed by atoms with Gasteiger partial charge >= 0.3 is 33.2 Å². The van der Waals surface area contributed by atoms with E-state index in [0.29, 0.717) is 0 Å². The van der Waals surface area contributed by atoms with Gasteiger partial charge in [-0.25, -0.2) is 0 Å². The summed E-state index contributed by atoms with van der Waals surface area (Å²) in [4.78, 5) is 0. The fraction of sp³-hybridized carbons (Fsp3) is 1.00. The number of alkyl halides is 6. The maximum atomic E-state index is 11.5. The molecule has 0 aliphatic carbocycles. The number of hydrogen-bond acceptors (Lipinski definition) is 5. The third-order valence-electron chi connectivity index (χ3n) is 0.932. The van der Waals surface area contributed by atoms with Crippen LogP contribution in [-0.4, -0.2) is 35.1 Å². The van der Waals surface area contributed by atoms with Gasteiger partial charge in [0, 0.05) is 4.57 Å². The SMILES string of the molecule is O=[P+](OC(O)C(F)(F)F)OC(O)C(F)(F)F. The smallest absolute Gasteiger partial charge is 0.357 e. The van der Waals surface area contributed by atoms with Crippen molar-refractivity contribution >= 4 is 8.25 Å². The van der Waals surface area contributed by atoms with E-state index in [-0.39, 0.29) is 0 Å². The van der Waals surface area contributed by atoms with Crippen LogP contribution in [0.3, 0.4) is 0 Å². The van der Waals surface area contributed by atoms with Crippen molar-refractivity contribution in [1.29, 1.82) is 0 Å². The summed E-state index contributed by atoms with van der Waals surface area (Å²) in [5, 5.41) is 16.2. The lowest BCUT2D eigenvalue weighted by Gasteiger charge is -2.09. The molecule has 0 saturated carbocycles. The fourth-order valence-electron chi connectivity index (χ4n) is 0.307. The quantitative estimate of drug-likeness (QED) is 0.462. The minimum atomic E-state index is -5.34. The molecule has 2 unspecified atom stereocenters. The van der Waals surface area contributed by atoms with Crippen molar-refractivity contribution in [3.05, 3.63) is 0 Å². The molecule has 0 aliphatic heterocycles. The number of aliphatic hydroxyl groups excluding tert-OH is 2. The Morgan fingerprint density at radius 3 is 1.31 bits per heavy atom. The standard InChI is InChI=1S/C4H4F6O5P/c5-3(6,7)1(11)14-16(13)15-2(12)4(8,9)10/h1-2,11-12H/q+1. The molecule has 0 fully saturated rings. The number of rotatable bonds is 4. The molecule has 0 aromatic heterocycles. The number of aliphatic hydroxyl groups is 2. The highest BCUT2D eigenvalue weighted by atomic mass is 31.1. The second-order valence-corrected chi connectivity index (χ2v) is 3.09. The van der Waals surface area contributed by atoms with Crippen LogP contribution in [-0.2, 0) is 13.6 Å². The van der Waals surface area contributed by atoms with E-state index in [4.69, 9.17) is 10.2 Å². The van der Waals surface area contributed by atoms with Gasteiger partial charge in [0.1, 0.15) is 0 Å². The molecule has 12 heteroatoms. The number of hydrogen-bond donors (Lipinski definition) is 2. The van der Waals surface area contributed by atoms with Crippen LogP contribution in [0.4, 0.5) is 26.3 Å². The minimum absolute atomic E-state index is 3.14. The van der Waals surface area contributed by atoms with Gasteiger partial charge in [-0.3, -0.25) is 0 Å². The Balaban J connectivity index is 4.21. The molecule has 2 atom stereocenters. The van der Waals surface area contributed by atoms with Gasteiger partial charge in [0.15, 0.2) is 0 Å². The second-order valence-electron chi connectivity index (χ2n) is 2.22. The first-order chi connectivity index (χ1) is 6.94. The van der Waals surface area contributed by atoms with Crippen molar-refractivity contribution in [2.45, 2.75) is 24.9 Å². The van der Waals surface area contributed by atoms with E-state index in [9.17, 15) is 30.9 Å². The maximum absolute atomic E-state index is 11.5. The first-order valence-corrected chi connectivity index (χ1v) is 4.34. The minimum Gasteiger partial charge on any atom is -0.357 e. The normalized spacial score (nSPS) is 18.1. The summed E-state index contributed by atoms with van der Waals surface area (Å²) in [5.41, 5.74) is 0. The van der Waals surface area contributed by atoms with Crippen molar-refractivity contribution in [1.82, 2.24) is 0 Å². The summed E-state index contributed by atoms with van der Waals surface area (Å²) in [6.45, 7) is 0. The molecule has 0 aliphatic rings. The molecule has 16 heavy (non-hydrogen) atoms. The third kappa shape index (κ3) is 5.56. The summed E-state index contributed by atoms with van der Waals surface area (Å²) in [5.74, 6) is 0. The molecule has 96 valence electrons. The van der Waals surface area contributed by atoms with Crippen LogP contribution >= 0.6 is 8.25 Å². The van der Waals surface area contributed by atoms with Gasteiger partial charge in [0.25, 0.3) is 0 Å². The Labute approximate surface area is 84.5 Å². The fourth-order valence-corrected chi connectivity index (χ4v) is 0.922. The zero-order valence-corrected chi connectivity index (χ0v) is 7.88. The van der Waals surface area contributed by atoms with E-state index in [1.54, 1.807) is 0 Å². The predicted molar refractivity (Wildman–Crippen MR) is 33.9 cm³/mol. The molecule has 5 nitrogen and oxygen atoms in total. The van der Waals surface area contributed by atoms with Gasteiger partial charge in [-0.2, -0.15) is 26.3 Å². The van der Waals surface area contributed by atoms with Crippen LogP contribution in [0.15, 0.2) is 0 Å². The Kier molecular flexibility index (Phi) is 5.08. The van der Waals surface area contributed by atoms with Crippen LogP contribution in [0.2, 0.25) is 0 Å². The molecule has 0 saturated heterocycles. The highest BCUT2D eigenvalue weighted by Gasteiger charge is 2.51. The molecule has 0 aromatic rings. The maximum Gasteiger partial charge on any atom is 0.703 e. The van der Waals surface area contributed by atoms with Crippen LogP contribution in [0.1, 0.15) is 0 Å². The summed E-state index contributed by atoms with van der Waals surface area (Å²) < 4.78 is 85.8. The summed E-state index contributed by atoms with van der Waals surface area (Å²) in [6.07, 6.45) is -17.8. The third-order valence-corrected chi connectivity index (χ3v) is 1.68. The van der Waals surface area contributed by atoms with Gasteiger partial charge < -0.3 is 10.2 Å². The Morgan fingerprint density at radius 1 is 0.875 bits per heavy atom. The van der Waals surface area contributed by atoms with Crippen LogP contribution < -0.4 is 0 Å². The Bertz CT molecular complexity index is 226. The lowest BCUT2D eigenvalue weighted by Crippen LogP contribution is -2.32. The average molecular weight is 277 g/mol. The Morgan fingerprint density at radius 2 is 1.12 bits per heavy atom. The van der Waals surface area contributed by atoms with Crippen molar-refractivity contribution in [3.63, 3.8) is 0 Å². The van der Waals surface area contributed by atoms with Crippen LogP contribution in [0.25, 0.3) is 0 Å². The van der Waals surface area contributed by atoms with E-state index in [1.165, 1.54) is 0 Å². The molecule has 0 rings (SSSR count). The average Bonchev–Trinajstić information content (AvgIpc) is 1.99. The topological polar surface area (TPSA) is 76.0 Å². The van der Waals surface area contributed by atoms with Gasteiger partial charge in [0.05, 0.1) is 0 Å². The van der Waals surface area contributed by atoms with Gasteiger partial charge in [-0.05, 0) is 0 Å². The lowest BCUT2D eigenvalue weighted by molar-refractivity contribution is -0.281. The second kappa shape index (κ2) is 5.23.